The molecule has 1 N–H and O–H groups in total. The molecule has 0 aliphatic rings. The average Bonchev–Trinajstić information content (AvgIpc) is 2.61. The van der Waals surface area contributed by atoms with E-state index in [1.54, 1.807) is 26.0 Å². The number of carbonyl (C=O) groups is 1. The van der Waals surface area contributed by atoms with E-state index in [9.17, 15) is 17.6 Å². The molecule has 0 saturated heterocycles. The van der Waals surface area contributed by atoms with E-state index in [1.165, 1.54) is 41.7 Å². The number of sulfonamides is 1. The van der Waals surface area contributed by atoms with Gasteiger partial charge in [0.15, 0.2) is 0 Å². The van der Waals surface area contributed by atoms with E-state index in [-0.39, 0.29) is 23.0 Å². The van der Waals surface area contributed by atoms with E-state index >= 15 is 0 Å². The van der Waals surface area contributed by atoms with Crippen molar-refractivity contribution >= 4 is 31.9 Å². The Labute approximate surface area is 161 Å². The molecule has 5 nitrogen and oxygen atoms in total. The van der Waals surface area contributed by atoms with E-state index in [4.69, 9.17) is 0 Å². The maximum atomic E-state index is 13.8. The van der Waals surface area contributed by atoms with Crippen LogP contribution in [0.1, 0.15) is 29.8 Å². The molecule has 2 rings (SSSR count). The SMILES string of the molecule is CC(C)N(C)S(=O)(=O)c1cccc(C(=O)NCc2cc(Br)ccc2F)c1. The van der Waals surface area contributed by atoms with Crippen LogP contribution in [-0.4, -0.2) is 31.7 Å². The summed E-state index contributed by atoms with van der Waals surface area (Å²) in [5.74, 6) is -0.906. The van der Waals surface area contributed by atoms with Gasteiger partial charge < -0.3 is 5.32 Å². The minimum atomic E-state index is -3.69. The second-order valence-electron chi connectivity index (χ2n) is 6.06. The van der Waals surface area contributed by atoms with Crippen LogP contribution in [0.4, 0.5) is 4.39 Å². The quantitative estimate of drug-likeness (QED) is 0.743. The van der Waals surface area contributed by atoms with Gasteiger partial charge in [0.2, 0.25) is 10.0 Å². The van der Waals surface area contributed by atoms with Crippen molar-refractivity contribution in [1.82, 2.24) is 9.62 Å². The van der Waals surface area contributed by atoms with Gasteiger partial charge in [0, 0.05) is 35.2 Å². The molecule has 26 heavy (non-hydrogen) atoms. The predicted octanol–water partition coefficient (Wildman–Crippen LogP) is 3.55. The Morgan fingerprint density at radius 1 is 1.23 bits per heavy atom. The van der Waals surface area contributed by atoms with E-state index < -0.39 is 21.7 Å². The smallest absolute Gasteiger partial charge is 0.251 e. The Balaban J connectivity index is 2.19. The fraction of sp³-hybridized carbons (Fsp3) is 0.278. The minimum absolute atomic E-state index is 0.00696. The topological polar surface area (TPSA) is 66.5 Å². The molecule has 1 amide bonds. The molecule has 8 heteroatoms. The Kier molecular flexibility index (Phi) is 6.54. The molecular formula is C18H20BrFN2O3S. The molecular weight excluding hydrogens is 423 g/mol. The van der Waals surface area contributed by atoms with Crippen molar-refractivity contribution in [1.29, 1.82) is 0 Å². The third-order valence-corrected chi connectivity index (χ3v) is 6.47. The maximum Gasteiger partial charge on any atom is 0.251 e. The zero-order valence-corrected chi connectivity index (χ0v) is 17.1. The fourth-order valence-corrected chi connectivity index (χ4v) is 4.02. The van der Waals surface area contributed by atoms with Crippen LogP contribution in [0.3, 0.4) is 0 Å². The second kappa shape index (κ2) is 8.28. The molecule has 0 unspecified atom stereocenters. The number of halogens is 2. The highest BCUT2D eigenvalue weighted by atomic mass is 79.9. The van der Waals surface area contributed by atoms with Crippen molar-refractivity contribution in [2.45, 2.75) is 31.3 Å². The van der Waals surface area contributed by atoms with E-state index in [0.29, 0.717) is 10.0 Å². The number of amides is 1. The average molecular weight is 443 g/mol. The first kappa shape index (κ1) is 20.5. The van der Waals surface area contributed by atoms with Gasteiger partial charge >= 0.3 is 0 Å². The standard InChI is InChI=1S/C18H20BrFN2O3S/c1-12(2)22(3)26(24,25)16-6-4-5-13(10-16)18(23)21-11-14-9-15(19)7-8-17(14)20/h4-10,12H,11H2,1-3H3,(H,21,23). The first-order valence-corrected chi connectivity index (χ1v) is 10.2. The largest absolute Gasteiger partial charge is 0.348 e. The lowest BCUT2D eigenvalue weighted by Gasteiger charge is -2.21. The molecule has 0 aliphatic heterocycles. The Morgan fingerprint density at radius 2 is 1.92 bits per heavy atom. The number of hydrogen-bond donors (Lipinski definition) is 1. The van der Waals surface area contributed by atoms with Gasteiger partial charge in [-0.15, -0.1) is 0 Å². The third-order valence-electron chi connectivity index (χ3n) is 3.95. The summed E-state index contributed by atoms with van der Waals surface area (Å²) in [6.07, 6.45) is 0. The number of nitrogens with one attached hydrogen (secondary N) is 1. The van der Waals surface area contributed by atoms with Crippen molar-refractivity contribution < 1.29 is 17.6 Å². The molecule has 0 spiro atoms. The van der Waals surface area contributed by atoms with Crippen LogP contribution in [0.2, 0.25) is 0 Å². The number of rotatable bonds is 6. The summed E-state index contributed by atoms with van der Waals surface area (Å²) in [5, 5.41) is 2.61. The van der Waals surface area contributed by atoms with Gasteiger partial charge in [-0.25, -0.2) is 12.8 Å². The number of hydrogen-bond acceptors (Lipinski definition) is 3. The zero-order chi connectivity index (χ0) is 19.5. The summed E-state index contributed by atoms with van der Waals surface area (Å²) in [7, 11) is -2.20. The Bertz CT molecular complexity index is 916. The van der Waals surface area contributed by atoms with Crippen LogP contribution in [0.25, 0.3) is 0 Å². The molecule has 2 aromatic carbocycles. The molecule has 0 fully saturated rings. The Hall–Kier alpha value is -1.77. The predicted molar refractivity (Wildman–Crippen MR) is 102 cm³/mol. The van der Waals surface area contributed by atoms with Gasteiger partial charge in [-0.1, -0.05) is 22.0 Å². The van der Waals surface area contributed by atoms with Crippen LogP contribution in [0.15, 0.2) is 51.8 Å². The van der Waals surface area contributed by atoms with Gasteiger partial charge in [-0.2, -0.15) is 4.31 Å². The molecule has 140 valence electrons. The lowest BCUT2D eigenvalue weighted by molar-refractivity contribution is 0.0950. The van der Waals surface area contributed by atoms with E-state index in [2.05, 4.69) is 21.2 Å². The Morgan fingerprint density at radius 3 is 2.58 bits per heavy atom. The van der Waals surface area contributed by atoms with Gasteiger partial charge in [0.1, 0.15) is 5.82 Å². The van der Waals surface area contributed by atoms with Crippen molar-refractivity contribution in [3.63, 3.8) is 0 Å². The number of benzene rings is 2. The molecule has 0 atom stereocenters. The van der Waals surface area contributed by atoms with Crippen LogP contribution >= 0.6 is 15.9 Å². The molecule has 0 saturated carbocycles. The monoisotopic (exact) mass is 442 g/mol. The normalized spacial score (nSPS) is 11.8. The highest BCUT2D eigenvalue weighted by molar-refractivity contribution is 9.10. The molecule has 2 aromatic rings. The van der Waals surface area contributed by atoms with E-state index in [1.807, 2.05) is 0 Å². The van der Waals surface area contributed by atoms with Gasteiger partial charge in [-0.3, -0.25) is 4.79 Å². The van der Waals surface area contributed by atoms with Crippen LogP contribution in [0.5, 0.6) is 0 Å². The second-order valence-corrected chi connectivity index (χ2v) is 8.97. The third kappa shape index (κ3) is 4.69. The summed E-state index contributed by atoms with van der Waals surface area (Å²) in [4.78, 5) is 12.4. The summed E-state index contributed by atoms with van der Waals surface area (Å²) in [6.45, 7) is 3.52. The van der Waals surface area contributed by atoms with Crippen molar-refractivity contribution in [2.75, 3.05) is 7.05 Å². The molecule has 0 radical (unpaired) electrons. The van der Waals surface area contributed by atoms with Crippen molar-refractivity contribution in [3.8, 4) is 0 Å². The van der Waals surface area contributed by atoms with Crippen molar-refractivity contribution in [2.24, 2.45) is 0 Å². The summed E-state index contributed by atoms with van der Waals surface area (Å²) in [5.41, 5.74) is 0.523. The van der Waals surface area contributed by atoms with Gasteiger partial charge in [-0.05, 0) is 50.2 Å². The highest BCUT2D eigenvalue weighted by Crippen LogP contribution is 2.19. The zero-order valence-electron chi connectivity index (χ0n) is 14.7. The first-order valence-electron chi connectivity index (χ1n) is 7.93. The lowest BCUT2D eigenvalue weighted by atomic mass is 10.2. The van der Waals surface area contributed by atoms with Gasteiger partial charge in [0.05, 0.1) is 4.90 Å². The first-order chi connectivity index (χ1) is 12.1. The molecule has 0 heterocycles. The van der Waals surface area contributed by atoms with Crippen LogP contribution < -0.4 is 5.32 Å². The maximum absolute atomic E-state index is 13.8. The molecule has 0 aromatic heterocycles. The fourth-order valence-electron chi connectivity index (χ4n) is 2.20. The minimum Gasteiger partial charge on any atom is -0.348 e. The van der Waals surface area contributed by atoms with Crippen molar-refractivity contribution in [3.05, 3.63) is 63.9 Å². The lowest BCUT2D eigenvalue weighted by Crippen LogP contribution is -2.33. The summed E-state index contributed by atoms with van der Waals surface area (Å²) >= 11 is 3.25. The summed E-state index contributed by atoms with van der Waals surface area (Å²) in [6, 6.07) is 10.0. The number of nitrogens with zero attached hydrogens (tertiary/aromatic N) is 1. The van der Waals surface area contributed by atoms with Crippen LogP contribution in [-0.2, 0) is 16.6 Å². The van der Waals surface area contributed by atoms with Crippen LogP contribution in [0, 0.1) is 5.82 Å². The molecule has 0 bridgehead atoms. The van der Waals surface area contributed by atoms with E-state index in [0.717, 1.165) is 0 Å². The molecule has 0 aliphatic carbocycles. The highest BCUT2D eigenvalue weighted by Gasteiger charge is 2.23. The summed E-state index contributed by atoms with van der Waals surface area (Å²) < 4.78 is 40.8. The van der Waals surface area contributed by atoms with Gasteiger partial charge in [0.25, 0.3) is 5.91 Å². The number of carbonyl (C=O) groups excluding carboxylic acids is 1.